The fourth-order valence-corrected chi connectivity index (χ4v) is 4.05. The molecule has 1 aliphatic carbocycles. The van der Waals surface area contributed by atoms with Gasteiger partial charge in [-0.05, 0) is 38.7 Å². The van der Waals surface area contributed by atoms with Crippen molar-refractivity contribution in [3.05, 3.63) is 37.1 Å². The molecule has 2 N–H and O–H groups in total. The Kier molecular flexibility index (Phi) is 5.12. The van der Waals surface area contributed by atoms with Crippen molar-refractivity contribution < 1.29 is 18.6 Å². The molecular weight excluding hydrogens is 420 g/mol. The van der Waals surface area contributed by atoms with Crippen molar-refractivity contribution in [2.45, 2.75) is 50.7 Å². The predicted octanol–water partition coefficient (Wildman–Crippen LogP) is 3.19. The molecule has 0 saturated heterocycles. The molecule has 0 amide bonds. The van der Waals surface area contributed by atoms with Gasteiger partial charge in [0.15, 0.2) is 6.61 Å². The third kappa shape index (κ3) is 4.07. The largest absolute Gasteiger partial charge is 0.470 e. The fourth-order valence-electron chi connectivity index (χ4n) is 4.05. The number of halogens is 2. The molecule has 0 radical (unpaired) electrons. The summed E-state index contributed by atoms with van der Waals surface area (Å²) in [7, 11) is 0. The van der Waals surface area contributed by atoms with E-state index in [0.29, 0.717) is 35.6 Å². The van der Waals surface area contributed by atoms with Gasteiger partial charge in [-0.3, -0.25) is 4.40 Å². The number of imidazole rings is 1. The average molecular weight is 443 g/mol. The van der Waals surface area contributed by atoms with E-state index in [1.54, 1.807) is 33.7 Å². The lowest BCUT2D eigenvalue weighted by atomic mass is 9.84. The predicted molar refractivity (Wildman–Crippen MR) is 113 cm³/mol. The number of anilines is 1. The van der Waals surface area contributed by atoms with Crippen LogP contribution in [0.3, 0.4) is 0 Å². The molecule has 168 valence electrons. The van der Waals surface area contributed by atoms with Crippen LogP contribution in [0.15, 0.2) is 37.1 Å². The lowest BCUT2D eigenvalue weighted by Gasteiger charge is -2.33. The Hall–Kier alpha value is -3.34. The zero-order valence-corrected chi connectivity index (χ0v) is 17.4. The molecule has 32 heavy (non-hydrogen) atoms. The van der Waals surface area contributed by atoms with Gasteiger partial charge in [0.2, 0.25) is 17.6 Å². The van der Waals surface area contributed by atoms with Gasteiger partial charge in [-0.2, -0.15) is 4.98 Å². The molecule has 11 heteroatoms. The highest BCUT2D eigenvalue weighted by Crippen LogP contribution is 2.33. The smallest absolute Gasteiger partial charge is 0.272 e. The minimum atomic E-state index is -2.63. The third-order valence-corrected chi connectivity index (χ3v) is 5.78. The minimum Gasteiger partial charge on any atom is -0.470 e. The molecule has 0 aliphatic heterocycles. The number of aromatic nitrogens is 6. The van der Waals surface area contributed by atoms with Gasteiger partial charge in [-0.1, -0.05) is 0 Å². The molecule has 0 aromatic carbocycles. The van der Waals surface area contributed by atoms with Crippen LogP contribution in [0.2, 0.25) is 0 Å². The molecule has 0 spiro atoms. The molecule has 1 saturated carbocycles. The maximum Gasteiger partial charge on any atom is 0.272 e. The van der Waals surface area contributed by atoms with Crippen molar-refractivity contribution in [1.29, 1.82) is 0 Å². The van der Waals surface area contributed by atoms with Gasteiger partial charge in [0.05, 0.1) is 5.60 Å². The molecule has 0 atom stereocenters. The van der Waals surface area contributed by atoms with Gasteiger partial charge in [0, 0.05) is 48.2 Å². The zero-order chi connectivity index (χ0) is 22.3. The van der Waals surface area contributed by atoms with E-state index in [1.807, 2.05) is 19.2 Å². The van der Waals surface area contributed by atoms with Crippen LogP contribution in [-0.4, -0.2) is 58.7 Å². The summed E-state index contributed by atoms with van der Waals surface area (Å²) in [6.07, 6.45) is 8.88. The van der Waals surface area contributed by atoms with Gasteiger partial charge in [-0.15, -0.1) is 5.10 Å². The highest BCUT2D eigenvalue weighted by Gasteiger charge is 2.29. The van der Waals surface area contributed by atoms with Crippen LogP contribution in [0, 0.1) is 0 Å². The summed E-state index contributed by atoms with van der Waals surface area (Å²) in [5.74, 6) is 0.913. The SMILES string of the molecule is C[C@]1(O)CC[C@H](Nc2nc(OCC(F)F)c3c(-c4cnc5nccn5c4)ccn3n2)CC1. The summed E-state index contributed by atoms with van der Waals surface area (Å²) in [6, 6.07) is 1.90. The van der Waals surface area contributed by atoms with E-state index in [2.05, 4.69) is 25.4 Å². The van der Waals surface area contributed by atoms with Crippen LogP contribution < -0.4 is 10.1 Å². The maximum absolute atomic E-state index is 12.9. The number of hydrogen-bond donors (Lipinski definition) is 2. The molecule has 1 aliphatic rings. The molecule has 4 heterocycles. The van der Waals surface area contributed by atoms with Gasteiger partial charge in [0.1, 0.15) is 5.52 Å². The molecular formula is C21H23F2N7O2. The van der Waals surface area contributed by atoms with Gasteiger partial charge >= 0.3 is 0 Å². The topological polar surface area (TPSA) is 102 Å². The summed E-state index contributed by atoms with van der Waals surface area (Å²) < 4.78 is 34.6. The van der Waals surface area contributed by atoms with Crippen LogP contribution in [0.4, 0.5) is 14.7 Å². The number of aliphatic hydroxyl groups is 1. The summed E-state index contributed by atoms with van der Waals surface area (Å²) in [5.41, 5.74) is 1.27. The standard InChI is InChI=1S/C21H23F2N7O2/c1-21(31)5-2-14(3-6-21)26-19-27-18(32-12-16(22)23)17-15(4-8-30(17)28-19)13-10-25-20-24-7-9-29(20)11-13/h4,7-11,14,16,31H,2-3,5-6,12H2,1H3,(H,26,28)/t14-,21-. The number of alkyl halides is 2. The molecule has 1 fully saturated rings. The Morgan fingerprint density at radius 1 is 1.28 bits per heavy atom. The average Bonchev–Trinajstić information content (AvgIpc) is 3.40. The lowest BCUT2D eigenvalue weighted by Crippen LogP contribution is -2.36. The molecule has 0 unspecified atom stereocenters. The Morgan fingerprint density at radius 2 is 2.09 bits per heavy atom. The quantitative estimate of drug-likeness (QED) is 0.472. The van der Waals surface area contributed by atoms with Crippen LogP contribution in [0.25, 0.3) is 22.4 Å². The summed E-state index contributed by atoms with van der Waals surface area (Å²) in [5, 5.41) is 17.9. The van der Waals surface area contributed by atoms with Crippen molar-refractivity contribution in [3.8, 4) is 17.0 Å². The van der Waals surface area contributed by atoms with Crippen LogP contribution in [-0.2, 0) is 0 Å². The molecule has 4 aromatic rings. The van der Waals surface area contributed by atoms with Gasteiger partial charge in [-0.25, -0.2) is 23.3 Å². The number of ether oxygens (including phenoxy) is 1. The molecule has 9 nitrogen and oxygen atoms in total. The molecule has 4 aromatic heterocycles. The minimum absolute atomic E-state index is 0.0661. The van der Waals surface area contributed by atoms with E-state index in [9.17, 15) is 13.9 Å². The van der Waals surface area contributed by atoms with Crippen LogP contribution in [0.1, 0.15) is 32.6 Å². The van der Waals surface area contributed by atoms with Crippen LogP contribution in [0.5, 0.6) is 5.88 Å². The first kappa shape index (κ1) is 20.6. The maximum atomic E-state index is 12.9. The van der Waals surface area contributed by atoms with Crippen LogP contribution >= 0.6 is 0 Å². The Labute approximate surface area is 182 Å². The molecule has 0 bridgehead atoms. The van der Waals surface area contributed by atoms with E-state index in [0.717, 1.165) is 18.4 Å². The van der Waals surface area contributed by atoms with Crippen molar-refractivity contribution in [2.75, 3.05) is 11.9 Å². The Bertz CT molecular complexity index is 1240. The van der Waals surface area contributed by atoms with E-state index in [1.165, 1.54) is 0 Å². The Balaban J connectivity index is 1.51. The number of nitrogens with zero attached hydrogens (tertiary/aromatic N) is 6. The zero-order valence-electron chi connectivity index (χ0n) is 17.4. The van der Waals surface area contributed by atoms with E-state index in [-0.39, 0.29) is 11.9 Å². The first-order valence-corrected chi connectivity index (χ1v) is 10.5. The lowest BCUT2D eigenvalue weighted by molar-refractivity contribution is 0.0195. The highest BCUT2D eigenvalue weighted by atomic mass is 19.3. The van der Waals surface area contributed by atoms with E-state index < -0.39 is 18.6 Å². The van der Waals surface area contributed by atoms with E-state index >= 15 is 0 Å². The summed E-state index contributed by atoms with van der Waals surface area (Å²) in [4.78, 5) is 12.9. The van der Waals surface area contributed by atoms with Crippen molar-refractivity contribution in [1.82, 2.24) is 29.0 Å². The fraction of sp³-hybridized carbons (Fsp3) is 0.429. The number of nitrogens with one attached hydrogen (secondary N) is 1. The van der Waals surface area contributed by atoms with Gasteiger partial charge in [0.25, 0.3) is 6.43 Å². The second-order valence-corrected chi connectivity index (χ2v) is 8.36. The monoisotopic (exact) mass is 443 g/mol. The van der Waals surface area contributed by atoms with Gasteiger partial charge < -0.3 is 15.2 Å². The van der Waals surface area contributed by atoms with Crippen molar-refractivity contribution in [2.24, 2.45) is 0 Å². The van der Waals surface area contributed by atoms with Crippen molar-refractivity contribution in [3.63, 3.8) is 0 Å². The second-order valence-electron chi connectivity index (χ2n) is 8.36. The third-order valence-electron chi connectivity index (χ3n) is 5.78. The second kappa shape index (κ2) is 7.97. The normalized spacial score (nSPS) is 21.5. The highest BCUT2D eigenvalue weighted by molar-refractivity contribution is 5.84. The number of fused-ring (bicyclic) bond motifs is 2. The van der Waals surface area contributed by atoms with E-state index in [4.69, 9.17) is 4.74 Å². The summed E-state index contributed by atoms with van der Waals surface area (Å²) >= 11 is 0. The Morgan fingerprint density at radius 3 is 2.88 bits per heavy atom. The molecule has 5 rings (SSSR count). The first-order chi connectivity index (χ1) is 15.4. The van der Waals surface area contributed by atoms with Crippen molar-refractivity contribution >= 4 is 17.2 Å². The first-order valence-electron chi connectivity index (χ1n) is 10.5. The number of hydrogen-bond acceptors (Lipinski definition) is 7. The number of rotatable bonds is 6. The summed E-state index contributed by atoms with van der Waals surface area (Å²) in [6.45, 7) is 1.06.